The van der Waals surface area contributed by atoms with Crippen LogP contribution in [0.5, 0.6) is 51.7 Å². The highest BCUT2D eigenvalue weighted by Crippen LogP contribution is 2.61. The first-order chi connectivity index (χ1) is 17.8. The smallest absolute Gasteiger partial charge is 0.208 e. The first-order valence-corrected chi connectivity index (χ1v) is 11.7. The van der Waals surface area contributed by atoms with E-state index >= 15 is 0 Å². The van der Waals surface area contributed by atoms with Crippen molar-refractivity contribution >= 4 is 0 Å². The second-order valence-corrected chi connectivity index (χ2v) is 9.57. The van der Waals surface area contributed by atoms with Gasteiger partial charge in [0.2, 0.25) is 34.5 Å². The third-order valence-electron chi connectivity index (χ3n) is 7.61. The Morgan fingerprint density at radius 3 is 1.76 bits per heavy atom. The van der Waals surface area contributed by atoms with Crippen LogP contribution in [0.25, 0.3) is 0 Å². The van der Waals surface area contributed by atoms with Crippen molar-refractivity contribution in [3.05, 3.63) is 16.7 Å². The van der Waals surface area contributed by atoms with Crippen molar-refractivity contribution in [2.24, 2.45) is 11.8 Å². The number of likely N-dealkylation sites (tertiary alicyclic amines) is 1. The largest absolute Gasteiger partial charge is 0.504 e. The Morgan fingerprint density at radius 1 is 0.789 bits per heavy atom. The molecule has 0 spiro atoms. The van der Waals surface area contributed by atoms with Crippen LogP contribution in [0.2, 0.25) is 0 Å². The molecule has 11 N–H and O–H groups in total. The Hall–Kier alpha value is -3.56. The van der Waals surface area contributed by atoms with Gasteiger partial charge in [0.05, 0.1) is 43.5 Å². The highest BCUT2D eigenvalue weighted by atomic mass is 16.5. The summed E-state index contributed by atoms with van der Waals surface area (Å²) < 4.78 is 10.1. The zero-order valence-electron chi connectivity index (χ0n) is 20.5. The molecular weight excluding hydrogens is 510 g/mol. The number of fused-ring (bicyclic) bond motifs is 1. The van der Waals surface area contributed by atoms with E-state index in [-0.39, 0.29) is 49.5 Å². The topological polar surface area (TPSA) is 244 Å². The molecule has 4 rings (SSSR count). The van der Waals surface area contributed by atoms with E-state index in [0.29, 0.717) is 0 Å². The number of hydrogen-bond donors (Lipinski definition) is 11. The molecule has 1 fully saturated rings. The van der Waals surface area contributed by atoms with Crippen molar-refractivity contribution < 1.29 is 65.6 Å². The summed E-state index contributed by atoms with van der Waals surface area (Å²) in [4.78, 5) is 1.71. The van der Waals surface area contributed by atoms with Gasteiger partial charge < -0.3 is 65.6 Å². The number of nitrogens with zero attached hydrogens (tertiary/aromatic N) is 1. The number of aliphatic hydroxyl groups excluding tert-OH is 2. The third-order valence-corrected chi connectivity index (χ3v) is 7.61. The molecule has 1 heterocycles. The van der Waals surface area contributed by atoms with Gasteiger partial charge in [-0.05, 0) is 31.8 Å². The highest BCUT2D eigenvalue weighted by Gasteiger charge is 2.58. The van der Waals surface area contributed by atoms with Crippen LogP contribution in [-0.2, 0) is 12.3 Å². The molecule has 38 heavy (non-hydrogen) atoms. The minimum atomic E-state index is -2.95. The van der Waals surface area contributed by atoms with E-state index in [2.05, 4.69) is 0 Å². The molecule has 0 radical (unpaired) electrons. The molecule has 0 saturated carbocycles. The summed E-state index contributed by atoms with van der Waals surface area (Å²) in [6.07, 6.45) is -2.82. The average molecular weight is 542 g/mol. The van der Waals surface area contributed by atoms with E-state index in [1.54, 1.807) is 4.90 Å². The minimum absolute atomic E-state index is 0.134. The molecule has 2 aliphatic rings. The van der Waals surface area contributed by atoms with E-state index in [9.17, 15) is 56.2 Å². The van der Waals surface area contributed by atoms with Gasteiger partial charge in [0.25, 0.3) is 0 Å². The van der Waals surface area contributed by atoms with E-state index in [1.807, 2.05) is 0 Å². The number of piperidine rings is 1. The van der Waals surface area contributed by atoms with Crippen LogP contribution in [0.15, 0.2) is 0 Å². The van der Waals surface area contributed by atoms with Crippen molar-refractivity contribution in [2.75, 3.05) is 27.3 Å². The number of aromatic hydroxyl groups is 7. The predicted molar refractivity (Wildman–Crippen MR) is 126 cm³/mol. The van der Waals surface area contributed by atoms with Gasteiger partial charge in [-0.3, -0.25) is 4.90 Å². The van der Waals surface area contributed by atoms with Gasteiger partial charge in [-0.15, -0.1) is 0 Å². The SMILES string of the molecule is COc1c(O)c2c(c(O)c1OC)C(O)(O)C(C(O)C1CCN(Cc3c(O)c(O)c(O)c(O)c3O)CC1)C2O. The maximum atomic E-state index is 11.2. The molecule has 14 nitrogen and oxygen atoms in total. The monoisotopic (exact) mass is 541 g/mol. The van der Waals surface area contributed by atoms with E-state index in [0.717, 1.165) is 7.11 Å². The van der Waals surface area contributed by atoms with Gasteiger partial charge in [0.1, 0.15) is 0 Å². The van der Waals surface area contributed by atoms with E-state index in [4.69, 9.17) is 9.47 Å². The van der Waals surface area contributed by atoms with Gasteiger partial charge in [-0.25, -0.2) is 0 Å². The molecule has 0 bridgehead atoms. The van der Waals surface area contributed by atoms with Crippen molar-refractivity contribution in [1.82, 2.24) is 4.90 Å². The van der Waals surface area contributed by atoms with Crippen molar-refractivity contribution in [3.8, 4) is 51.7 Å². The van der Waals surface area contributed by atoms with Crippen LogP contribution in [0, 0.1) is 11.8 Å². The van der Waals surface area contributed by atoms with Crippen molar-refractivity contribution in [3.63, 3.8) is 0 Å². The molecule has 1 saturated heterocycles. The number of methoxy groups -OCH3 is 2. The molecule has 3 unspecified atom stereocenters. The van der Waals surface area contributed by atoms with Crippen molar-refractivity contribution in [2.45, 2.75) is 37.4 Å². The quantitative estimate of drug-likeness (QED) is 0.128. The Labute approximate surface area is 216 Å². The number of phenols is 7. The van der Waals surface area contributed by atoms with Crippen LogP contribution in [-0.4, -0.2) is 94.5 Å². The van der Waals surface area contributed by atoms with Crippen LogP contribution < -0.4 is 9.47 Å². The number of rotatable bonds is 6. The van der Waals surface area contributed by atoms with Crippen LogP contribution in [0.1, 0.15) is 35.6 Å². The first kappa shape index (κ1) is 27.5. The molecule has 2 aromatic carbocycles. The number of aliphatic hydroxyl groups is 4. The fourth-order valence-electron chi connectivity index (χ4n) is 5.58. The number of benzene rings is 2. The third kappa shape index (κ3) is 3.92. The summed E-state index contributed by atoms with van der Waals surface area (Å²) in [7, 11) is 2.34. The predicted octanol–water partition coefficient (Wildman–Crippen LogP) is -0.283. The summed E-state index contributed by atoms with van der Waals surface area (Å²) in [5, 5.41) is 115. The maximum absolute atomic E-state index is 11.2. The fraction of sp³-hybridized carbons (Fsp3) is 0.500. The lowest BCUT2D eigenvalue weighted by atomic mass is 9.79. The normalized spacial score (nSPS) is 22.3. The molecule has 1 aliphatic heterocycles. The summed E-state index contributed by atoms with van der Waals surface area (Å²) in [6.45, 7) is 0.367. The average Bonchev–Trinajstić information content (AvgIpc) is 3.11. The minimum Gasteiger partial charge on any atom is -0.504 e. The first-order valence-electron chi connectivity index (χ1n) is 11.7. The molecular formula is C24H31NO13. The van der Waals surface area contributed by atoms with E-state index in [1.165, 1.54) is 7.11 Å². The number of ether oxygens (including phenoxy) is 2. The van der Waals surface area contributed by atoms with Crippen molar-refractivity contribution in [1.29, 1.82) is 0 Å². The van der Waals surface area contributed by atoms with E-state index < -0.39 is 81.2 Å². The molecule has 210 valence electrons. The van der Waals surface area contributed by atoms with Crippen LogP contribution >= 0.6 is 0 Å². The Kier molecular flexibility index (Phi) is 6.96. The van der Waals surface area contributed by atoms with Gasteiger partial charge in [-0.1, -0.05) is 0 Å². The van der Waals surface area contributed by atoms with Gasteiger partial charge in [0.15, 0.2) is 23.0 Å². The maximum Gasteiger partial charge on any atom is 0.208 e. The summed E-state index contributed by atoms with van der Waals surface area (Å²) in [5.41, 5.74) is -1.25. The molecule has 0 amide bonds. The lowest BCUT2D eigenvalue weighted by Crippen LogP contribution is -2.46. The number of hydrogen-bond acceptors (Lipinski definition) is 14. The van der Waals surface area contributed by atoms with Gasteiger partial charge in [-0.2, -0.15) is 0 Å². The Morgan fingerprint density at radius 2 is 1.26 bits per heavy atom. The second-order valence-electron chi connectivity index (χ2n) is 9.57. The van der Waals surface area contributed by atoms with Crippen LogP contribution in [0.4, 0.5) is 0 Å². The molecule has 2 aromatic rings. The Bertz CT molecular complexity index is 1210. The molecule has 0 aromatic heterocycles. The summed E-state index contributed by atoms with van der Waals surface area (Å²) in [5.74, 6) is -12.0. The second kappa shape index (κ2) is 9.63. The lowest BCUT2D eigenvalue weighted by Gasteiger charge is -2.39. The molecule has 3 atom stereocenters. The summed E-state index contributed by atoms with van der Waals surface area (Å²) in [6, 6.07) is 0. The molecule has 14 heteroatoms. The highest BCUT2D eigenvalue weighted by molar-refractivity contribution is 5.69. The van der Waals surface area contributed by atoms with Crippen LogP contribution in [0.3, 0.4) is 0 Å². The van der Waals surface area contributed by atoms with Gasteiger partial charge in [0, 0.05) is 12.1 Å². The molecule has 1 aliphatic carbocycles. The zero-order chi connectivity index (χ0) is 28.3. The number of phenolic OH excluding ortho intramolecular Hbond substituents is 7. The Balaban J connectivity index is 1.55. The fourth-order valence-corrected chi connectivity index (χ4v) is 5.58. The van der Waals surface area contributed by atoms with Gasteiger partial charge >= 0.3 is 0 Å². The summed E-state index contributed by atoms with van der Waals surface area (Å²) >= 11 is 0. The standard InChI is InChI=1S/C24H31NO13/c1-37-22-17(30)10-11(18(31)23(22)38-2)24(35,36)12(16(10)29)13(26)8-3-5-25(6-4-8)7-9-14(27)19(32)21(34)20(33)15(9)28/h8,12-13,16,26-36H,3-7H2,1-2H3. The zero-order valence-corrected chi connectivity index (χ0v) is 20.5. The lowest BCUT2D eigenvalue weighted by molar-refractivity contribution is -0.248.